The largest absolute Gasteiger partial charge is 0.466 e. The molecular weight excluding hydrogens is 791 g/mol. The van der Waals surface area contributed by atoms with E-state index in [1.54, 1.807) is 6.08 Å². The number of amides is 1. The van der Waals surface area contributed by atoms with Gasteiger partial charge < -0.3 is 20.3 Å². The molecule has 0 saturated heterocycles. The van der Waals surface area contributed by atoms with E-state index in [2.05, 4.69) is 19.2 Å². The fraction of sp³-hybridized carbons (Fsp3) is 0.931. The zero-order valence-electron chi connectivity index (χ0n) is 43.3. The van der Waals surface area contributed by atoms with Gasteiger partial charge in [-0.25, -0.2) is 0 Å². The lowest BCUT2D eigenvalue weighted by molar-refractivity contribution is -0.143. The number of carbonyl (C=O) groups excluding carboxylic acids is 2. The molecule has 0 bridgehead atoms. The van der Waals surface area contributed by atoms with E-state index in [0.717, 1.165) is 38.5 Å². The fourth-order valence-corrected chi connectivity index (χ4v) is 9.11. The van der Waals surface area contributed by atoms with Crippen molar-refractivity contribution >= 4 is 11.9 Å². The summed E-state index contributed by atoms with van der Waals surface area (Å²) >= 11 is 0. The Morgan fingerprint density at radius 3 is 1.06 bits per heavy atom. The fourth-order valence-electron chi connectivity index (χ4n) is 9.11. The van der Waals surface area contributed by atoms with Gasteiger partial charge in [-0.2, -0.15) is 0 Å². The van der Waals surface area contributed by atoms with Crippen LogP contribution in [-0.4, -0.2) is 47.4 Å². The Hall–Kier alpha value is -1.40. The van der Waals surface area contributed by atoms with Crippen LogP contribution in [0, 0.1) is 0 Å². The molecule has 0 fully saturated rings. The zero-order valence-corrected chi connectivity index (χ0v) is 43.3. The van der Waals surface area contributed by atoms with E-state index in [4.69, 9.17) is 4.74 Å². The first-order valence-corrected chi connectivity index (χ1v) is 29.0. The molecular formula is C58H113NO5. The second-order valence-corrected chi connectivity index (χ2v) is 20.0. The van der Waals surface area contributed by atoms with Crippen LogP contribution >= 0.6 is 0 Å². The summed E-state index contributed by atoms with van der Waals surface area (Å²) in [5, 5.41) is 23.1. The number of hydrogen-bond donors (Lipinski definition) is 3. The molecule has 2 unspecified atom stereocenters. The average Bonchev–Trinajstić information content (AvgIpc) is 3.29. The minimum Gasteiger partial charge on any atom is -0.466 e. The molecule has 1 amide bonds. The normalized spacial score (nSPS) is 12.6. The lowest BCUT2D eigenvalue weighted by atomic mass is 10.0. The van der Waals surface area contributed by atoms with Gasteiger partial charge in [-0.3, -0.25) is 9.59 Å². The van der Waals surface area contributed by atoms with Crippen LogP contribution in [0.5, 0.6) is 0 Å². The van der Waals surface area contributed by atoms with Crippen LogP contribution in [-0.2, 0) is 14.3 Å². The highest BCUT2D eigenvalue weighted by molar-refractivity contribution is 5.76. The minimum atomic E-state index is -0.843. The predicted octanol–water partition coefficient (Wildman–Crippen LogP) is 17.7. The zero-order chi connectivity index (χ0) is 46.5. The third-order valence-corrected chi connectivity index (χ3v) is 13.6. The van der Waals surface area contributed by atoms with Crippen LogP contribution in [0.15, 0.2) is 12.2 Å². The number of aliphatic hydroxyl groups excluding tert-OH is 2. The summed E-state index contributed by atoms with van der Waals surface area (Å²) in [6, 6.07) is -0.627. The predicted molar refractivity (Wildman–Crippen MR) is 278 cm³/mol. The molecule has 0 aliphatic carbocycles. The van der Waals surface area contributed by atoms with E-state index in [9.17, 15) is 19.8 Å². The number of aliphatic hydroxyl groups is 2. The first-order valence-electron chi connectivity index (χ1n) is 29.0. The monoisotopic (exact) mass is 904 g/mol. The lowest BCUT2D eigenvalue weighted by Crippen LogP contribution is -2.45. The SMILES string of the molecule is CCCCCCCCCCCCC/C=C/C(O)C(CO)NC(=O)CCCCCCCCCCCCCCCCCCCCCCCOC(=O)CCCCCCCCCCCCCCC. The molecule has 6 heteroatoms. The van der Waals surface area contributed by atoms with E-state index in [1.807, 2.05) is 6.08 Å². The van der Waals surface area contributed by atoms with Crippen molar-refractivity contribution in [1.29, 1.82) is 0 Å². The number of allylic oxidation sites excluding steroid dienone is 1. The minimum absolute atomic E-state index is 0.0132. The standard InChI is InChI=1S/C58H113NO5/c1-3-5-7-9-11-13-15-26-30-34-38-42-46-50-56(61)55(54-60)59-57(62)51-47-43-39-35-31-28-24-22-20-18-17-19-21-23-25-29-33-37-41-45-49-53-64-58(63)52-48-44-40-36-32-27-16-14-12-10-8-6-4-2/h46,50,55-56,60-61H,3-45,47-49,51-54H2,1-2H3,(H,59,62)/b50-46+. The van der Waals surface area contributed by atoms with Crippen molar-refractivity contribution in [2.24, 2.45) is 0 Å². The van der Waals surface area contributed by atoms with Crippen molar-refractivity contribution in [1.82, 2.24) is 5.32 Å². The van der Waals surface area contributed by atoms with Gasteiger partial charge in [-0.15, -0.1) is 0 Å². The van der Waals surface area contributed by atoms with Gasteiger partial charge in [0.15, 0.2) is 0 Å². The highest BCUT2D eigenvalue weighted by atomic mass is 16.5. The molecule has 0 radical (unpaired) electrons. The molecule has 0 spiro atoms. The summed E-state index contributed by atoms with van der Waals surface area (Å²) in [5.41, 5.74) is 0. The summed E-state index contributed by atoms with van der Waals surface area (Å²) in [6.45, 7) is 4.91. The summed E-state index contributed by atoms with van der Waals surface area (Å²) in [4.78, 5) is 24.5. The van der Waals surface area contributed by atoms with E-state index >= 15 is 0 Å². The summed E-state index contributed by atoms with van der Waals surface area (Å²) in [6.07, 6.45) is 63.8. The van der Waals surface area contributed by atoms with Crippen LogP contribution in [0.4, 0.5) is 0 Å². The van der Waals surface area contributed by atoms with Crippen molar-refractivity contribution in [2.45, 2.75) is 334 Å². The van der Waals surface area contributed by atoms with Crippen molar-refractivity contribution in [2.75, 3.05) is 13.2 Å². The number of unbranched alkanes of at least 4 members (excludes halogenated alkanes) is 43. The molecule has 0 aliphatic rings. The molecule has 6 nitrogen and oxygen atoms in total. The molecule has 3 N–H and O–H groups in total. The first-order chi connectivity index (χ1) is 31.5. The molecule has 0 aromatic rings. The van der Waals surface area contributed by atoms with E-state index in [0.29, 0.717) is 19.4 Å². The maximum absolute atomic E-state index is 12.4. The Morgan fingerprint density at radius 1 is 0.422 bits per heavy atom. The van der Waals surface area contributed by atoms with Crippen LogP contribution in [0.1, 0.15) is 322 Å². The molecule has 0 heterocycles. The van der Waals surface area contributed by atoms with Crippen molar-refractivity contribution in [3.63, 3.8) is 0 Å². The van der Waals surface area contributed by atoms with Crippen molar-refractivity contribution in [3.05, 3.63) is 12.2 Å². The second-order valence-electron chi connectivity index (χ2n) is 20.0. The Morgan fingerprint density at radius 2 is 0.719 bits per heavy atom. The molecule has 0 saturated carbocycles. The molecule has 64 heavy (non-hydrogen) atoms. The van der Waals surface area contributed by atoms with E-state index < -0.39 is 12.1 Å². The van der Waals surface area contributed by atoms with Gasteiger partial charge >= 0.3 is 5.97 Å². The summed E-state index contributed by atoms with van der Waals surface area (Å²) < 4.78 is 5.48. The highest BCUT2D eigenvalue weighted by Crippen LogP contribution is 2.17. The molecule has 2 atom stereocenters. The Balaban J connectivity index is 3.39. The maximum Gasteiger partial charge on any atom is 0.305 e. The smallest absolute Gasteiger partial charge is 0.305 e. The molecule has 0 rings (SSSR count). The Labute approximate surface area is 399 Å². The number of carbonyl (C=O) groups is 2. The molecule has 0 aromatic heterocycles. The lowest BCUT2D eigenvalue weighted by Gasteiger charge is -2.20. The third-order valence-electron chi connectivity index (χ3n) is 13.6. The Kier molecular flexibility index (Phi) is 53.0. The van der Waals surface area contributed by atoms with Gasteiger partial charge in [0.25, 0.3) is 0 Å². The topological polar surface area (TPSA) is 95.9 Å². The average molecular weight is 905 g/mol. The van der Waals surface area contributed by atoms with Crippen LogP contribution in [0.25, 0.3) is 0 Å². The second kappa shape index (κ2) is 54.2. The van der Waals surface area contributed by atoms with E-state index in [1.165, 1.54) is 257 Å². The third kappa shape index (κ3) is 50.0. The van der Waals surface area contributed by atoms with Gasteiger partial charge in [0.05, 0.1) is 25.4 Å². The quantitative estimate of drug-likeness (QED) is 0.0321. The van der Waals surface area contributed by atoms with E-state index in [-0.39, 0.29) is 18.5 Å². The number of nitrogens with one attached hydrogen (secondary N) is 1. The molecule has 0 aliphatic heterocycles. The molecule has 0 aromatic carbocycles. The van der Waals surface area contributed by atoms with Crippen LogP contribution < -0.4 is 5.32 Å². The van der Waals surface area contributed by atoms with Gasteiger partial charge in [0.2, 0.25) is 5.91 Å². The van der Waals surface area contributed by atoms with Crippen molar-refractivity contribution < 1.29 is 24.5 Å². The van der Waals surface area contributed by atoms with Gasteiger partial charge in [-0.1, -0.05) is 289 Å². The van der Waals surface area contributed by atoms with Gasteiger partial charge in [0, 0.05) is 12.8 Å². The summed E-state index contributed by atoms with van der Waals surface area (Å²) in [5.74, 6) is -0.0547. The Bertz CT molecular complexity index is 955. The highest BCUT2D eigenvalue weighted by Gasteiger charge is 2.18. The molecule has 380 valence electrons. The van der Waals surface area contributed by atoms with Gasteiger partial charge in [0.1, 0.15) is 0 Å². The van der Waals surface area contributed by atoms with Gasteiger partial charge in [-0.05, 0) is 32.1 Å². The maximum atomic E-state index is 12.4. The first kappa shape index (κ1) is 62.6. The summed E-state index contributed by atoms with van der Waals surface area (Å²) in [7, 11) is 0. The number of ether oxygens (including phenoxy) is 1. The van der Waals surface area contributed by atoms with Crippen molar-refractivity contribution in [3.8, 4) is 0 Å². The van der Waals surface area contributed by atoms with Crippen LogP contribution in [0.2, 0.25) is 0 Å². The number of hydrogen-bond acceptors (Lipinski definition) is 5. The number of esters is 1. The van der Waals surface area contributed by atoms with Crippen LogP contribution in [0.3, 0.4) is 0 Å². The number of rotatable bonds is 54.